The number of alkyl halides is 3. The van der Waals surface area contributed by atoms with Gasteiger partial charge in [-0.05, 0) is 44.4 Å². The molecule has 1 rings (SSSR count). The van der Waals surface area contributed by atoms with Crippen LogP contribution < -0.4 is 20.1 Å². The molecule has 0 aliphatic carbocycles. The van der Waals surface area contributed by atoms with Crippen molar-refractivity contribution in [1.29, 1.82) is 0 Å². The van der Waals surface area contributed by atoms with Gasteiger partial charge in [-0.1, -0.05) is 6.07 Å². The third-order valence-corrected chi connectivity index (χ3v) is 4.02. The number of carbonyl (C=O) groups is 1. The molecular formula is C20H31F3N4O3. The second-order valence-corrected chi connectivity index (χ2v) is 6.51. The Bertz CT molecular complexity index is 696. The maximum Gasteiger partial charge on any atom is 0.406 e. The van der Waals surface area contributed by atoms with Crippen molar-refractivity contribution in [3.63, 3.8) is 0 Å². The topological polar surface area (TPSA) is 75.2 Å². The molecule has 0 bridgehead atoms. The molecule has 1 aromatic carbocycles. The first kappa shape index (κ1) is 25.4. The fourth-order valence-corrected chi connectivity index (χ4v) is 2.61. The number of halogens is 3. The van der Waals surface area contributed by atoms with Crippen molar-refractivity contribution in [2.45, 2.75) is 32.9 Å². The summed E-state index contributed by atoms with van der Waals surface area (Å²) in [6, 6.07) is 5.77. The van der Waals surface area contributed by atoms with E-state index in [0.717, 1.165) is 25.5 Å². The van der Waals surface area contributed by atoms with Gasteiger partial charge in [0.1, 0.15) is 13.1 Å². The minimum atomic E-state index is -4.43. The molecule has 0 saturated heterocycles. The molecule has 1 aromatic rings. The maximum atomic E-state index is 12.4. The molecule has 0 spiro atoms. The highest BCUT2D eigenvalue weighted by Crippen LogP contribution is 2.28. The van der Waals surface area contributed by atoms with Crippen LogP contribution in [0.25, 0.3) is 0 Å². The molecular weight excluding hydrogens is 401 g/mol. The number of hydrogen-bond donors (Lipinski definition) is 2. The van der Waals surface area contributed by atoms with Crippen molar-refractivity contribution >= 4 is 11.9 Å². The molecule has 0 unspecified atom stereocenters. The van der Waals surface area contributed by atoms with E-state index in [2.05, 4.69) is 15.6 Å². The lowest BCUT2D eigenvalue weighted by Gasteiger charge is -2.18. The summed E-state index contributed by atoms with van der Waals surface area (Å²) in [6.07, 6.45) is -2.87. The molecule has 0 atom stereocenters. The minimum Gasteiger partial charge on any atom is -0.493 e. The van der Waals surface area contributed by atoms with E-state index in [1.807, 2.05) is 32.0 Å². The zero-order valence-corrected chi connectivity index (χ0v) is 17.9. The molecule has 2 N–H and O–H groups in total. The summed E-state index contributed by atoms with van der Waals surface area (Å²) in [5.41, 5.74) is 1.09. The number of likely N-dealkylation sites (N-methyl/N-ethyl adjacent to an activating group) is 1. The van der Waals surface area contributed by atoms with Crippen LogP contribution in [0.4, 0.5) is 13.2 Å². The molecule has 0 saturated carbocycles. The number of rotatable bonds is 11. The van der Waals surface area contributed by atoms with E-state index in [4.69, 9.17) is 9.47 Å². The smallest absolute Gasteiger partial charge is 0.406 e. The lowest BCUT2D eigenvalue weighted by atomic mass is 10.1. The number of benzene rings is 1. The van der Waals surface area contributed by atoms with Crippen LogP contribution in [0.5, 0.6) is 11.5 Å². The van der Waals surface area contributed by atoms with Gasteiger partial charge in [0, 0.05) is 20.1 Å². The van der Waals surface area contributed by atoms with E-state index < -0.39 is 18.6 Å². The van der Waals surface area contributed by atoms with Crippen molar-refractivity contribution in [3.8, 4) is 11.5 Å². The molecule has 0 heterocycles. The van der Waals surface area contributed by atoms with E-state index in [1.54, 1.807) is 7.11 Å². The Morgan fingerprint density at radius 2 is 1.93 bits per heavy atom. The number of aryl methyl sites for hydroxylation is 1. The number of guanidine groups is 1. The maximum absolute atomic E-state index is 12.4. The number of nitrogens with zero attached hydrogens (tertiary/aromatic N) is 2. The van der Waals surface area contributed by atoms with Gasteiger partial charge in [0.15, 0.2) is 17.5 Å². The van der Waals surface area contributed by atoms with E-state index in [1.165, 1.54) is 0 Å². The summed E-state index contributed by atoms with van der Waals surface area (Å²) in [5.74, 6) is 1.06. The highest BCUT2D eigenvalue weighted by Gasteiger charge is 2.31. The van der Waals surface area contributed by atoms with Crippen LogP contribution in [0.3, 0.4) is 0 Å². The van der Waals surface area contributed by atoms with Crippen LogP contribution in [-0.4, -0.2) is 69.9 Å². The highest BCUT2D eigenvalue weighted by molar-refractivity contribution is 5.84. The van der Waals surface area contributed by atoms with Crippen LogP contribution in [0.1, 0.15) is 25.8 Å². The summed E-state index contributed by atoms with van der Waals surface area (Å²) >= 11 is 0. The largest absolute Gasteiger partial charge is 0.493 e. The molecule has 0 aromatic heterocycles. The first-order chi connectivity index (χ1) is 14.2. The average Bonchev–Trinajstić information content (AvgIpc) is 2.68. The van der Waals surface area contributed by atoms with Gasteiger partial charge in [-0.15, -0.1) is 0 Å². The van der Waals surface area contributed by atoms with Crippen molar-refractivity contribution in [2.75, 3.05) is 46.9 Å². The average molecular weight is 432 g/mol. The quantitative estimate of drug-likeness (QED) is 0.319. The molecule has 10 heteroatoms. The van der Waals surface area contributed by atoms with Gasteiger partial charge in [-0.25, -0.2) is 4.99 Å². The molecule has 0 radical (unpaired) electrons. The van der Waals surface area contributed by atoms with Crippen molar-refractivity contribution in [2.24, 2.45) is 4.99 Å². The third kappa shape index (κ3) is 9.71. The minimum absolute atomic E-state index is 0.363. The molecule has 170 valence electrons. The van der Waals surface area contributed by atoms with E-state index in [0.29, 0.717) is 42.1 Å². The number of carbonyl (C=O) groups excluding carboxylic acids is 1. The van der Waals surface area contributed by atoms with Crippen LogP contribution in [0.15, 0.2) is 23.2 Å². The Morgan fingerprint density at radius 3 is 2.53 bits per heavy atom. The van der Waals surface area contributed by atoms with Gasteiger partial charge in [0.2, 0.25) is 5.91 Å². The lowest BCUT2D eigenvalue weighted by molar-refractivity contribution is -0.157. The fraction of sp³-hybridized carbons (Fsp3) is 0.600. The number of methoxy groups -OCH3 is 1. The van der Waals surface area contributed by atoms with E-state index in [9.17, 15) is 18.0 Å². The molecule has 30 heavy (non-hydrogen) atoms. The highest BCUT2D eigenvalue weighted by atomic mass is 19.4. The summed E-state index contributed by atoms with van der Waals surface area (Å²) in [7, 11) is 2.70. The van der Waals surface area contributed by atoms with Crippen LogP contribution in [0, 0.1) is 0 Å². The summed E-state index contributed by atoms with van der Waals surface area (Å²) in [6.45, 7) is 3.80. The van der Waals surface area contributed by atoms with Crippen molar-refractivity contribution in [3.05, 3.63) is 23.8 Å². The van der Waals surface area contributed by atoms with Crippen molar-refractivity contribution < 1.29 is 27.4 Å². The lowest BCUT2D eigenvalue weighted by Crippen LogP contribution is -2.40. The Labute approximate surface area is 175 Å². The molecule has 7 nitrogen and oxygen atoms in total. The molecule has 0 aliphatic heterocycles. The Hall–Kier alpha value is -2.65. The monoisotopic (exact) mass is 432 g/mol. The van der Waals surface area contributed by atoms with E-state index >= 15 is 0 Å². The van der Waals surface area contributed by atoms with Gasteiger partial charge in [-0.3, -0.25) is 4.79 Å². The summed E-state index contributed by atoms with van der Waals surface area (Å²) in [5, 5.41) is 6.06. The van der Waals surface area contributed by atoms with E-state index in [-0.39, 0.29) is 6.54 Å². The normalized spacial score (nSPS) is 11.8. The van der Waals surface area contributed by atoms with Gasteiger partial charge >= 0.3 is 6.18 Å². The Kier molecular flexibility index (Phi) is 10.8. The number of amides is 1. The van der Waals surface area contributed by atoms with Gasteiger partial charge in [0.05, 0.1) is 13.7 Å². The van der Waals surface area contributed by atoms with Crippen LogP contribution in [-0.2, 0) is 11.2 Å². The first-order valence-electron chi connectivity index (χ1n) is 9.82. The first-order valence-corrected chi connectivity index (χ1v) is 9.82. The van der Waals surface area contributed by atoms with Crippen LogP contribution in [0.2, 0.25) is 0 Å². The summed E-state index contributed by atoms with van der Waals surface area (Å²) < 4.78 is 48.0. The molecule has 0 aliphatic rings. The Balaban J connectivity index is 2.54. The zero-order chi connectivity index (χ0) is 22.6. The van der Waals surface area contributed by atoms with Crippen LogP contribution >= 0.6 is 0 Å². The molecule has 0 fully saturated rings. The standard InChI is InChI=1S/C20H31F3N4O3/c1-5-24-19(26-13-18(28)27(3)14-20(21,22)23)25-11-7-8-15-9-10-16(29-4)17(12-15)30-6-2/h9-10,12H,5-8,11,13-14H2,1-4H3,(H2,24,25,26). The SMILES string of the molecule is CCNC(=NCC(=O)N(C)CC(F)(F)F)NCCCc1ccc(OC)c(OCC)c1. The number of nitrogens with one attached hydrogen (secondary N) is 2. The second-order valence-electron chi connectivity index (χ2n) is 6.51. The number of aliphatic imine (C=N–C) groups is 1. The predicted octanol–water partition coefficient (Wildman–Crippen LogP) is 2.60. The summed E-state index contributed by atoms with van der Waals surface area (Å²) in [4.78, 5) is 16.5. The zero-order valence-electron chi connectivity index (χ0n) is 17.9. The van der Waals surface area contributed by atoms with Crippen molar-refractivity contribution in [1.82, 2.24) is 15.5 Å². The van der Waals surface area contributed by atoms with Gasteiger partial charge in [0.25, 0.3) is 0 Å². The molecule has 1 amide bonds. The Morgan fingerprint density at radius 1 is 1.20 bits per heavy atom. The van der Waals surface area contributed by atoms with Gasteiger partial charge < -0.3 is 25.0 Å². The third-order valence-electron chi connectivity index (χ3n) is 4.02. The number of hydrogen-bond acceptors (Lipinski definition) is 4. The predicted molar refractivity (Wildman–Crippen MR) is 110 cm³/mol. The fourth-order valence-electron chi connectivity index (χ4n) is 2.61. The number of ether oxygens (including phenoxy) is 2. The van der Waals surface area contributed by atoms with Gasteiger partial charge in [-0.2, -0.15) is 13.2 Å². The second kappa shape index (κ2) is 12.8.